The van der Waals surface area contributed by atoms with Crippen molar-refractivity contribution in [2.24, 2.45) is 5.16 Å². The highest BCUT2D eigenvalue weighted by molar-refractivity contribution is 5.98. The largest absolute Gasteiger partial charge is 0.490 e. The Morgan fingerprint density at radius 3 is 2.39 bits per heavy atom. The first-order valence-corrected chi connectivity index (χ1v) is 9.26. The molecule has 1 aromatic heterocycles. The molecule has 1 heterocycles. The van der Waals surface area contributed by atoms with Gasteiger partial charge in [-0.25, -0.2) is 0 Å². The lowest BCUT2D eigenvalue weighted by atomic mass is 10.1. The molecule has 6 heteroatoms. The molecule has 0 spiro atoms. The number of rotatable bonds is 10. The Kier molecular flexibility index (Phi) is 8.34. The number of oxime groups is 1. The van der Waals surface area contributed by atoms with Crippen molar-refractivity contribution in [1.82, 2.24) is 4.98 Å². The van der Waals surface area contributed by atoms with E-state index in [-0.39, 0.29) is 6.79 Å². The number of allylic oxidation sites excluding steroid dienone is 1. The molecule has 0 aliphatic carbocycles. The normalized spacial score (nSPS) is 11.5. The quantitative estimate of drug-likeness (QED) is 0.254. The van der Waals surface area contributed by atoms with Crippen molar-refractivity contribution in [2.45, 2.75) is 34.1 Å². The van der Waals surface area contributed by atoms with Crippen LogP contribution in [0.4, 0.5) is 0 Å². The van der Waals surface area contributed by atoms with Gasteiger partial charge in [0.05, 0.1) is 11.9 Å². The number of aromatic nitrogens is 1. The molecule has 28 heavy (non-hydrogen) atoms. The Bertz CT molecular complexity index is 791. The number of ether oxygens (including phenoxy) is 3. The van der Waals surface area contributed by atoms with Crippen molar-refractivity contribution < 1.29 is 19.0 Å². The molecule has 2 aromatic rings. The first kappa shape index (κ1) is 21.3. The molecule has 0 aliphatic rings. The first-order chi connectivity index (χ1) is 13.6. The second-order valence-corrected chi connectivity index (χ2v) is 6.13. The van der Waals surface area contributed by atoms with Crippen LogP contribution in [0.2, 0.25) is 0 Å². The van der Waals surface area contributed by atoms with E-state index in [4.69, 9.17) is 19.0 Å². The zero-order valence-electron chi connectivity index (χ0n) is 17.2. The van der Waals surface area contributed by atoms with Crippen LogP contribution < -0.4 is 14.2 Å². The maximum absolute atomic E-state index is 5.83. The third-order valence-electron chi connectivity index (χ3n) is 4.01. The van der Waals surface area contributed by atoms with Crippen molar-refractivity contribution in [3.8, 4) is 17.2 Å². The molecule has 0 saturated carbocycles. The lowest BCUT2D eigenvalue weighted by Gasteiger charge is -2.15. The minimum atomic E-state index is 0.0915. The lowest BCUT2D eigenvalue weighted by Crippen LogP contribution is -2.09. The van der Waals surface area contributed by atoms with Crippen LogP contribution >= 0.6 is 0 Å². The van der Waals surface area contributed by atoms with Gasteiger partial charge < -0.3 is 19.0 Å². The maximum Gasteiger partial charge on any atom is 0.230 e. The molecule has 0 amide bonds. The topological polar surface area (TPSA) is 62.2 Å². The van der Waals surface area contributed by atoms with E-state index in [1.165, 1.54) is 7.11 Å². The van der Waals surface area contributed by atoms with Crippen LogP contribution in [0.5, 0.6) is 17.2 Å². The summed E-state index contributed by atoms with van der Waals surface area (Å²) in [6.07, 6.45) is 6.31. The third kappa shape index (κ3) is 6.01. The molecule has 150 valence electrons. The minimum absolute atomic E-state index is 0.0915. The van der Waals surface area contributed by atoms with Gasteiger partial charge in [0.2, 0.25) is 6.79 Å². The zero-order chi connectivity index (χ0) is 20.4. The van der Waals surface area contributed by atoms with Gasteiger partial charge >= 0.3 is 0 Å². The number of pyridine rings is 1. The van der Waals surface area contributed by atoms with Crippen LogP contribution in [-0.4, -0.2) is 31.2 Å². The zero-order valence-corrected chi connectivity index (χ0v) is 17.2. The Balaban J connectivity index is 1.95. The molecule has 0 N–H and O–H groups in total. The van der Waals surface area contributed by atoms with E-state index in [2.05, 4.69) is 10.1 Å². The Labute approximate surface area is 166 Å². The van der Waals surface area contributed by atoms with Crippen molar-refractivity contribution >= 4 is 5.71 Å². The summed E-state index contributed by atoms with van der Waals surface area (Å²) in [5.74, 6) is 2.24. The summed E-state index contributed by atoms with van der Waals surface area (Å²) in [5.41, 5.74) is 3.54. The van der Waals surface area contributed by atoms with Crippen LogP contribution in [-0.2, 0) is 4.84 Å². The molecule has 0 atom stereocenters. The molecule has 0 saturated heterocycles. The fraction of sp³-hybridized carbons (Fsp3) is 0.364. The second-order valence-electron chi connectivity index (χ2n) is 6.13. The monoisotopic (exact) mass is 384 g/mol. The minimum Gasteiger partial charge on any atom is -0.490 e. The summed E-state index contributed by atoms with van der Waals surface area (Å²) in [5, 5.41) is 3.97. The molecular weight excluding hydrogens is 356 g/mol. The van der Waals surface area contributed by atoms with E-state index >= 15 is 0 Å². The number of nitrogens with zero attached hydrogens (tertiary/aromatic N) is 2. The number of hydrogen-bond acceptors (Lipinski definition) is 6. The first-order valence-electron chi connectivity index (χ1n) is 9.26. The highest BCUT2D eigenvalue weighted by atomic mass is 16.7. The SMILES string of the molecule is C/C=C/COc1cc(C)c(OCOc2ccc(/C(CC)=N/OC)nc2)c(C)c1. The van der Waals surface area contributed by atoms with Gasteiger partial charge in [0, 0.05) is 0 Å². The fourth-order valence-corrected chi connectivity index (χ4v) is 2.66. The maximum atomic E-state index is 5.83. The summed E-state index contributed by atoms with van der Waals surface area (Å²) in [7, 11) is 1.52. The molecule has 0 aliphatic heterocycles. The predicted molar refractivity (Wildman–Crippen MR) is 110 cm³/mol. The molecule has 0 radical (unpaired) electrons. The van der Waals surface area contributed by atoms with Crippen molar-refractivity contribution in [1.29, 1.82) is 0 Å². The van der Waals surface area contributed by atoms with Crippen LogP contribution in [0, 0.1) is 13.8 Å². The molecular formula is C22H28N2O4. The summed E-state index contributed by atoms with van der Waals surface area (Å²) in [4.78, 5) is 9.20. The van der Waals surface area contributed by atoms with Gasteiger partial charge in [-0.1, -0.05) is 24.2 Å². The van der Waals surface area contributed by atoms with Gasteiger partial charge in [0.25, 0.3) is 0 Å². The summed E-state index contributed by atoms with van der Waals surface area (Å²) >= 11 is 0. The van der Waals surface area contributed by atoms with Crippen molar-refractivity contribution in [2.75, 3.05) is 20.5 Å². The molecule has 6 nitrogen and oxygen atoms in total. The molecule has 1 aromatic carbocycles. The van der Waals surface area contributed by atoms with Crippen LogP contribution in [0.1, 0.15) is 37.1 Å². The van der Waals surface area contributed by atoms with E-state index < -0.39 is 0 Å². The predicted octanol–water partition coefficient (Wildman–Crippen LogP) is 4.83. The number of hydrogen-bond donors (Lipinski definition) is 0. The molecule has 2 rings (SSSR count). The third-order valence-corrected chi connectivity index (χ3v) is 4.01. The Hall–Kier alpha value is -3.02. The van der Waals surface area contributed by atoms with Crippen molar-refractivity contribution in [3.05, 3.63) is 59.4 Å². The smallest absolute Gasteiger partial charge is 0.230 e. The number of benzene rings is 1. The van der Waals surface area contributed by atoms with Gasteiger partial charge in [0.15, 0.2) is 0 Å². The van der Waals surface area contributed by atoms with E-state index in [0.29, 0.717) is 12.4 Å². The van der Waals surface area contributed by atoms with Crippen molar-refractivity contribution in [3.63, 3.8) is 0 Å². The van der Waals surface area contributed by atoms with E-state index in [9.17, 15) is 0 Å². The van der Waals surface area contributed by atoms with Gasteiger partial charge in [0.1, 0.15) is 36.7 Å². The van der Waals surface area contributed by atoms with E-state index in [1.54, 1.807) is 6.20 Å². The molecule has 0 unspecified atom stereocenters. The fourth-order valence-electron chi connectivity index (χ4n) is 2.66. The van der Waals surface area contributed by atoms with E-state index in [1.807, 2.05) is 64.1 Å². The van der Waals surface area contributed by atoms with Crippen LogP contribution in [0.15, 0.2) is 47.8 Å². The van der Waals surface area contributed by atoms with Gasteiger partial charge in [-0.2, -0.15) is 0 Å². The lowest BCUT2D eigenvalue weighted by molar-refractivity contribution is 0.118. The second kappa shape index (κ2) is 11.0. The summed E-state index contributed by atoms with van der Waals surface area (Å²) in [6.45, 7) is 8.59. The van der Waals surface area contributed by atoms with Gasteiger partial charge in [-0.05, 0) is 62.6 Å². The van der Waals surface area contributed by atoms with E-state index in [0.717, 1.165) is 40.5 Å². The summed E-state index contributed by atoms with van der Waals surface area (Å²) < 4.78 is 17.2. The van der Waals surface area contributed by atoms with Crippen LogP contribution in [0.3, 0.4) is 0 Å². The van der Waals surface area contributed by atoms with Gasteiger partial charge in [-0.3, -0.25) is 4.98 Å². The Morgan fingerprint density at radius 2 is 1.82 bits per heavy atom. The molecule has 0 fully saturated rings. The molecule has 0 bridgehead atoms. The summed E-state index contributed by atoms with van der Waals surface area (Å²) in [6, 6.07) is 7.61. The average molecular weight is 384 g/mol. The van der Waals surface area contributed by atoms with Crippen LogP contribution in [0.25, 0.3) is 0 Å². The standard InChI is InChI=1S/C22H28N2O4/c1-6-8-11-26-19-12-16(3)22(17(4)13-19)28-15-27-18-9-10-21(23-14-18)20(7-2)24-25-5/h6,8-10,12-14H,7,11,15H2,1-5H3/b8-6+,24-20+. The number of aryl methyl sites for hydroxylation is 2. The van der Waals surface area contributed by atoms with Gasteiger partial charge in [-0.15, -0.1) is 0 Å². The highest BCUT2D eigenvalue weighted by Gasteiger charge is 2.08. The Morgan fingerprint density at radius 1 is 1.07 bits per heavy atom. The average Bonchev–Trinajstić information content (AvgIpc) is 2.69. The highest BCUT2D eigenvalue weighted by Crippen LogP contribution is 2.28.